The fourth-order valence-electron chi connectivity index (χ4n) is 2.22. The molecule has 1 fully saturated rings. The molecule has 0 unspecified atom stereocenters. The van der Waals surface area contributed by atoms with Crippen molar-refractivity contribution >= 4 is 17.4 Å². The van der Waals surface area contributed by atoms with Gasteiger partial charge in [-0.2, -0.15) is 0 Å². The Balaban J connectivity index is 2.29. The lowest BCUT2D eigenvalue weighted by atomic mass is 10.0. The van der Waals surface area contributed by atoms with Crippen LogP contribution in [-0.4, -0.2) is 17.1 Å². The fraction of sp³-hybridized carbons (Fsp3) is 0.583. The van der Waals surface area contributed by atoms with Crippen LogP contribution in [0.2, 0.25) is 0 Å². The third-order valence-electron chi connectivity index (χ3n) is 3.11. The van der Waals surface area contributed by atoms with E-state index in [0.717, 1.165) is 18.1 Å². The van der Waals surface area contributed by atoms with Crippen molar-refractivity contribution in [3.8, 4) is 0 Å². The van der Waals surface area contributed by atoms with E-state index in [2.05, 4.69) is 29.8 Å². The first-order valence-electron chi connectivity index (χ1n) is 5.43. The molecule has 1 aromatic heterocycles. The van der Waals surface area contributed by atoms with Crippen molar-refractivity contribution in [2.45, 2.75) is 38.1 Å². The molecule has 0 bridgehead atoms. The van der Waals surface area contributed by atoms with Gasteiger partial charge in [-0.3, -0.25) is 0 Å². The predicted molar refractivity (Wildman–Crippen MR) is 64.5 cm³/mol. The van der Waals surface area contributed by atoms with E-state index in [1.54, 1.807) is 0 Å². The Morgan fingerprint density at radius 2 is 2.27 bits per heavy atom. The molecule has 0 spiro atoms. The van der Waals surface area contributed by atoms with E-state index >= 15 is 0 Å². The summed E-state index contributed by atoms with van der Waals surface area (Å²) in [5.74, 6) is 1.55. The third kappa shape index (κ3) is 2.10. The third-order valence-corrected chi connectivity index (χ3v) is 3.38. The first-order chi connectivity index (χ1) is 7.13. The minimum absolute atomic E-state index is 0.234. The Kier molecular flexibility index (Phi) is 2.87. The predicted octanol–water partition coefficient (Wildman–Crippen LogP) is 3.20. The van der Waals surface area contributed by atoms with E-state index in [-0.39, 0.29) is 5.54 Å². The highest BCUT2D eigenvalue weighted by molar-refractivity contribution is 6.16. The number of hydrogen-bond donors (Lipinski definition) is 0. The van der Waals surface area contributed by atoms with Gasteiger partial charge in [0, 0.05) is 12.1 Å². The minimum Gasteiger partial charge on any atom is -0.351 e. The quantitative estimate of drug-likeness (QED) is 0.718. The van der Waals surface area contributed by atoms with E-state index in [4.69, 9.17) is 11.6 Å². The average molecular weight is 225 g/mol. The van der Waals surface area contributed by atoms with Crippen LogP contribution in [-0.2, 0) is 5.88 Å². The Morgan fingerprint density at radius 1 is 1.47 bits per heavy atom. The molecule has 0 aromatic carbocycles. The molecule has 0 N–H and O–H groups in total. The molecule has 3 heteroatoms. The van der Waals surface area contributed by atoms with Gasteiger partial charge < -0.3 is 4.90 Å². The van der Waals surface area contributed by atoms with E-state index in [0.29, 0.717) is 5.88 Å². The van der Waals surface area contributed by atoms with Gasteiger partial charge in [0.1, 0.15) is 5.82 Å². The maximum atomic E-state index is 5.80. The maximum Gasteiger partial charge on any atom is 0.129 e. The molecule has 0 atom stereocenters. The lowest BCUT2D eigenvalue weighted by Gasteiger charge is -2.32. The van der Waals surface area contributed by atoms with E-state index < -0.39 is 0 Å². The molecular formula is C12H17ClN2. The number of rotatable bonds is 2. The molecule has 1 aliphatic heterocycles. The Hall–Kier alpha value is -0.760. The number of anilines is 1. The summed E-state index contributed by atoms with van der Waals surface area (Å²) in [5, 5.41) is 0. The summed E-state index contributed by atoms with van der Waals surface area (Å²) in [7, 11) is 0. The lowest BCUT2D eigenvalue weighted by Crippen LogP contribution is -2.38. The first kappa shape index (κ1) is 10.7. The summed E-state index contributed by atoms with van der Waals surface area (Å²) in [6.07, 6.45) is 2.49. The van der Waals surface area contributed by atoms with Gasteiger partial charge in [-0.15, -0.1) is 11.6 Å². The summed E-state index contributed by atoms with van der Waals surface area (Å²) < 4.78 is 0. The molecule has 2 rings (SSSR count). The van der Waals surface area contributed by atoms with Gasteiger partial charge in [0.15, 0.2) is 0 Å². The number of halogens is 1. The minimum atomic E-state index is 0.234. The van der Waals surface area contributed by atoms with Crippen LogP contribution < -0.4 is 4.90 Å². The van der Waals surface area contributed by atoms with Gasteiger partial charge in [-0.1, -0.05) is 6.07 Å². The van der Waals surface area contributed by atoms with E-state index in [1.807, 2.05) is 12.1 Å². The molecule has 2 heterocycles. The summed E-state index contributed by atoms with van der Waals surface area (Å²) in [6, 6.07) is 6.08. The standard InChI is InChI=1S/C12H17ClN2/c1-12(2)7-4-8-15(12)11-6-3-5-10(9-13)14-11/h3,5-6H,4,7-9H2,1-2H3. The Morgan fingerprint density at radius 3 is 2.87 bits per heavy atom. The van der Waals surface area contributed by atoms with E-state index in [1.165, 1.54) is 12.8 Å². The van der Waals surface area contributed by atoms with Gasteiger partial charge in [-0.25, -0.2) is 4.98 Å². The normalized spacial score (nSPS) is 19.5. The molecule has 0 radical (unpaired) electrons. The fourth-order valence-corrected chi connectivity index (χ4v) is 2.37. The van der Waals surface area contributed by atoms with Gasteiger partial charge >= 0.3 is 0 Å². The summed E-state index contributed by atoms with van der Waals surface area (Å²) in [6.45, 7) is 5.65. The Bertz CT molecular complexity index is 349. The summed E-state index contributed by atoms with van der Waals surface area (Å²) in [4.78, 5) is 6.94. The van der Waals surface area contributed by atoms with Crippen LogP contribution in [0.1, 0.15) is 32.4 Å². The second-order valence-electron chi connectivity index (χ2n) is 4.69. The number of pyridine rings is 1. The highest BCUT2D eigenvalue weighted by Crippen LogP contribution is 2.32. The van der Waals surface area contributed by atoms with Crippen LogP contribution in [0, 0.1) is 0 Å². The summed E-state index contributed by atoms with van der Waals surface area (Å²) >= 11 is 5.80. The first-order valence-corrected chi connectivity index (χ1v) is 5.96. The van der Waals surface area contributed by atoms with Crippen molar-refractivity contribution in [1.29, 1.82) is 0 Å². The maximum absolute atomic E-state index is 5.80. The lowest BCUT2D eigenvalue weighted by molar-refractivity contribution is 0.514. The van der Waals surface area contributed by atoms with Crippen molar-refractivity contribution in [1.82, 2.24) is 4.98 Å². The molecule has 1 saturated heterocycles. The Labute approximate surface area is 96.3 Å². The molecule has 0 amide bonds. The van der Waals surface area contributed by atoms with Crippen molar-refractivity contribution in [3.05, 3.63) is 23.9 Å². The van der Waals surface area contributed by atoms with Gasteiger partial charge in [0.05, 0.1) is 11.6 Å². The zero-order chi connectivity index (χ0) is 10.9. The van der Waals surface area contributed by atoms with Crippen molar-refractivity contribution in [3.63, 3.8) is 0 Å². The number of nitrogens with zero attached hydrogens (tertiary/aromatic N) is 2. The van der Waals surface area contributed by atoms with Crippen LogP contribution in [0.4, 0.5) is 5.82 Å². The number of alkyl halides is 1. The number of aromatic nitrogens is 1. The van der Waals surface area contributed by atoms with Crippen molar-refractivity contribution in [2.75, 3.05) is 11.4 Å². The van der Waals surface area contributed by atoms with Crippen LogP contribution >= 0.6 is 11.6 Å². The topological polar surface area (TPSA) is 16.1 Å². The van der Waals surface area contributed by atoms with Crippen LogP contribution in [0.5, 0.6) is 0 Å². The summed E-state index contributed by atoms with van der Waals surface area (Å²) in [5.41, 5.74) is 1.19. The molecule has 0 saturated carbocycles. The highest BCUT2D eigenvalue weighted by Gasteiger charge is 2.32. The van der Waals surface area contributed by atoms with Crippen molar-refractivity contribution in [2.24, 2.45) is 0 Å². The molecule has 15 heavy (non-hydrogen) atoms. The largest absolute Gasteiger partial charge is 0.351 e. The smallest absolute Gasteiger partial charge is 0.129 e. The molecule has 0 aliphatic carbocycles. The van der Waals surface area contributed by atoms with Crippen molar-refractivity contribution < 1.29 is 0 Å². The molecule has 1 aromatic rings. The van der Waals surface area contributed by atoms with Crippen LogP contribution in [0.25, 0.3) is 0 Å². The monoisotopic (exact) mass is 224 g/mol. The van der Waals surface area contributed by atoms with Gasteiger partial charge in [-0.05, 0) is 38.8 Å². The second kappa shape index (κ2) is 4.01. The average Bonchev–Trinajstić information content (AvgIpc) is 2.58. The molecule has 82 valence electrons. The highest BCUT2D eigenvalue weighted by atomic mass is 35.5. The molecule has 2 nitrogen and oxygen atoms in total. The molecular weight excluding hydrogens is 208 g/mol. The van der Waals surface area contributed by atoms with Crippen LogP contribution in [0.15, 0.2) is 18.2 Å². The van der Waals surface area contributed by atoms with Gasteiger partial charge in [0.2, 0.25) is 0 Å². The second-order valence-corrected chi connectivity index (χ2v) is 4.96. The van der Waals surface area contributed by atoms with Gasteiger partial charge in [0.25, 0.3) is 0 Å². The zero-order valence-electron chi connectivity index (χ0n) is 9.33. The SMILES string of the molecule is CC1(C)CCCN1c1cccc(CCl)n1. The van der Waals surface area contributed by atoms with Crippen LogP contribution in [0.3, 0.4) is 0 Å². The van der Waals surface area contributed by atoms with E-state index in [9.17, 15) is 0 Å². The number of hydrogen-bond acceptors (Lipinski definition) is 2. The molecule has 1 aliphatic rings. The zero-order valence-corrected chi connectivity index (χ0v) is 10.1.